The summed E-state index contributed by atoms with van der Waals surface area (Å²) in [5.41, 5.74) is -0.590. The van der Waals surface area contributed by atoms with Gasteiger partial charge in [-0.1, -0.05) is 27.7 Å². The highest BCUT2D eigenvalue weighted by Gasteiger charge is 2.33. The van der Waals surface area contributed by atoms with Gasteiger partial charge in [0, 0.05) is 38.4 Å². The maximum absolute atomic E-state index is 12.3. The van der Waals surface area contributed by atoms with Crippen LogP contribution in [0.1, 0.15) is 40.5 Å². The molecule has 21 heavy (non-hydrogen) atoms. The number of carbonyl (C=O) groups excluding carboxylic acids is 3. The van der Waals surface area contributed by atoms with Crippen LogP contribution in [0.3, 0.4) is 0 Å². The second-order valence-electron chi connectivity index (χ2n) is 6.17. The van der Waals surface area contributed by atoms with Gasteiger partial charge in [-0.3, -0.25) is 14.4 Å². The van der Waals surface area contributed by atoms with Crippen molar-refractivity contribution in [3.63, 3.8) is 0 Å². The largest absolute Gasteiger partial charge is 0.353 e. The average molecular weight is 299 g/mol. The predicted molar refractivity (Wildman–Crippen MR) is 82.9 cm³/mol. The molecule has 0 radical (unpaired) electrons. The van der Waals surface area contributed by atoms with Crippen LogP contribution >= 0.6 is 0 Å². The molecule has 0 aliphatic heterocycles. The highest BCUT2D eigenvalue weighted by Crippen LogP contribution is 2.19. The Morgan fingerprint density at radius 2 is 1.71 bits per heavy atom. The van der Waals surface area contributed by atoms with Crippen molar-refractivity contribution in [2.45, 2.75) is 46.6 Å². The molecule has 6 nitrogen and oxygen atoms in total. The van der Waals surface area contributed by atoms with Crippen LogP contribution in [0.4, 0.5) is 0 Å². The van der Waals surface area contributed by atoms with Gasteiger partial charge in [-0.2, -0.15) is 0 Å². The molecule has 1 unspecified atom stereocenters. The smallest absolute Gasteiger partial charge is 0.243 e. The lowest BCUT2D eigenvalue weighted by molar-refractivity contribution is -0.146. The third-order valence-corrected chi connectivity index (χ3v) is 3.22. The van der Waals surface area contributed by atoms with Gasteiger partial charge >= 0.3 is 0 Å². The van der Waals surface area contributed by atoms with Crippen LogP contribution in [0.5, 0.6) is 0 Å². The number of Topliss-reactive ketones (excluding diaryl/α,β-unsaturated/α-hetero) is 1. The van der Waals surface area contributed by atoms with Gasteiger partial charge in [-0.05, 0) is 7.05 Å². The molecule has 0 bridgehead atoms. The number of hydrogen-bond acceptors (Lipinski definition) is 4. The first-order valence-electron chi connectivity index (χ1n) is 7.36. The lowest BCUT2D eigenvalue weighted by atomic mass is 9.93. The molecular weight excluding hydrogens is 270 g/mol. The molecule has 0 saturated carbocycles. The minimum atomic E-state index is -0.749. The van der Waals surface area contributed by atoms with Gasteiger partial charge in [0.05, 0.1) is 0 Å². The van der Waals surface area contributed by atoms with Gasteiger partial charge in [0.1, 0.15) is 11.8 Å². The molecule has 1 atom stereocenters. The molecule has 0 fully saturated rings. The van der Waals surface area contributed by atoms with Crippen LogP contribution in [-0.4, -0.2) is 55.7 Å². The maximum Gasteiger partial charge on any atom is 0.243 e. The molecule has 0 spiro atoms. The van der Waals surface area contributed by atoms with E-state index >= 15 is 0 Å². The number of ketones is 1. The SMILES string of the molecule is CCC(=O)CC(C(=O)NCCNC)N(C)C(=O)C(C)(C)C. The molecule has 0 aliphatic carbocycles. The lowest BCUT2D eigenvalue weighted by Crippen LogP contribution is -2.52. The summed E-state index contributed by atoms with van der Waals surface area (Å²) in [5.74, 6) is -0.468. The van der Waals surface area contributed by atoms with Crippen LogP contribution in [0.25, 0.3) is 0 Å². The maximum atomic E-state index is 12.3. The molecule has 122 valence electrons. The van der Waals surface area contributed by atoms with Crippen LogP contribution < -0.4 is 10.6 Å². The third kappa shape index (κ3) is 6.71. The van der Waals surface area contributed by atoms with Crippen molar-refractivity contribution in [3.8, 4) is 0 Å². The molecule has 0 aromatic heterocycles. The third-order valence-electron chi connectivity index (χ3n) is 3.22. The fourth-order valence-electron chi connectivity index (χ4n) is 1.86. The van der Waals surface area contributed by atoms with Crippen LogP contribution in [0, 0.1) is 5.41 Å². The first-order chi connectivity index (χ1) is 9.65. The summed E-state index contributed by atoms with van der Waals surface area (Å²) in [6, 6.07) is -0.749. The summed E-state index contributed by atoms with van der Waals surface area (Å²) >= 11 is 0. The second kappa shape index (κ2) is 8.77. The van der Waals surface area contributed by atoms with Gasteiger partial charge in [-0.25, -0.2) is 0 Å². The number of hydrogen-bond donors (Lipinski definition) is 2. The van der Waals surface area contributed by atoms with Crippen LogP contribution in [0.15, 0.2) is 0 Å². The number of nitrogens with zero attached hydrogens (tertiary/aromatic N) is 1. The number of amides is 2. The van der Waals surface area contributed by atoms with E-state index in [9.17, 15) is 14.4 Å². The molecule has 6 heteroatoms. The Balaban J connectivity index is 4.99. The summed E-state index contributed by atoms with van der Waals surface area (Å²) < 4.78 is 0. The van der Waals surface area contributed by atoms with E-state index in [1.165, 1.54) is 4.90 Å². The van der Waals surface area contributed by atoms with Crippen molar-refractivity contribution >= 4 is 17.6 Å². The molecule has 0 rings (SSSR count). The van der Waals surface area contributed by atoms with E-state index in [4.69, 9.17) is 0 Å². The molecule has 0 aromatic carbocycles. The topological polar surface area (TPSA) is 78.5 Å². The van der Waals surface area contributed by atoms with Crippen molar-refractivity contribution < 1.29 is 14.4 Å². The van der Waals surface area contributed by atoms with E-state index in [1.54, 1.807) is 41.8 Å². The Bertz CT molecular complexity index is 375. The van der Waals surface area contributed by atoms with Gasteiger partial charge in [0.25, 0.3) is 0 Å². The Labute approximate surface area is 127 Å². The fourth-order valence-corrected chi connectivity index (χ4v) is 1.86. The second-order valence-corrected chi connectivity index (χ2v) is 6.17. The van der Waals surface area contributed by atoms with Crippen molar-refractivity contribution in [3.05, 3.63) is 0 Å². The van der Waals surface area contributed by atoms with E-state index in [2.05, 4.69) is 10.6 Å². The van der Waals surface area contributed by atoms with E-state index < -0.39 is 11.5 Å². The highest BCUT2D eigenvalue weighted by molar-refractivity contribution is 5.93. The highest BCUT2D eigenvalue weighted by atomic mass is 16.2. The van der Waals surface area contributed by atoms with Crippen molar-refractivity contribution in [2.75, 3.05) is 27.2 Å². The minimum Gasteiger partial charge on any atom is -0.353 e. The number of rotatable bonds is 8. The summed E-state index contributed by atoms with van der Waals surface area (Å²) in [5, 5.41) is 5.68. The van der Waals surface area contributed by atoms with Crippen molar-refractivity contribution in [1.29, 1.82) is 0 Å². The molecular formula is C15H29N3O3. The van der Waals surface area contributed by atoms with Gasteiger partial charge in [-0.15, -0.1) is 0 Å². The number of nitrogens with one attached hydrogen (secondary N) is 2. The van der Waals surface area contributed by atoms with Gasteiger partial charge in [0.2, 0.25) is 11.8 Å². The summed E-state index contributed by atoms with van der Waals surface area (Å²) in [6.45, 7) is 8.24. The first-order valence-corrected chi connectivity index (χ1v) is 7.36. The molecule has 0 aromatic rings. The minimum absolute atomic E-state index is 0.0303. The zero-order valence-corrected chi connectivity index (χ0v) is 14.1. The number of carbonyl (C=O) groups is 3. The molecule has 2 amide bonds. The van der Waals surface area contributed by atoms with Crippen molar-refractivity contribution in [1.82, 2.24) is 15.5 Å². The lowest BCUT2D eigenvalue weighted by Gasteiger charge is -2.32. The van der Waals surface area contributed by atoms with E-state index in [-0.39, 0.29) is 24.0 Å². The van der Waals surface area contributed by atoms with Gasteiger partial charge in [0.15, 0.2) is 0 Å². The quantitative estimate of drug-likeness (QED) is 0.642. The predicted octanol–water partition coefficient (Wildman–Crippen LogP) is 0.564. The summed E-state index contributed by atoms with van der Waals surface area (Å²) in [6.07, 6.45) is 0.415. The molecule has 2 N–H and O–H groups in total. The standard InChI is InChI=1S/C15H29N3O3/c1-7-11(19)10-12(13(20)17-9-8-16-5)18(6)14(21)15(2,3)4/h12,16H,7-10H2,1-6H3,(H,17,20). The van der Waals surface area contributed by atoms with Crippen LogP contribution in [-0.2, 0) is 14.4 Å². The Kier molecular flexibility index (Phi) is 8.17. The Morgan fingerprint density at radius 1 is 1.14 bits per heavy atom. The van der Waals surface area contributed by atoms with E-state index in [0.29, 0.717) is 19.5 Å². The van der Waals surface area contributed by atoms with Crippen molar-refractivity contribution in [2.24, 2.45) is 5.41 Å². The zero-order valence-electron chi connectivity index (χ0n) is 14.1. The fraction of sp³-hybridized carbons (Fsp3) is 0.800. The monoisotopic (exact) mass is 299 g/mol. The number of likely N-dealkylation sites (N-methyl/N-ethyl adjacent to an activating group) is 2. The Morgan fingerprint density at radius 3 is 2.14 bits per heavy atom. The average Bonchev–Trinajstić information content (AvgIpc) is 2.41. The summed E-state index contributed by atoms with van der Waals surface area (Å²) in [4.78, 5) is 37.7. The van der Waals surface area contributed by atoms with Gasteiger partial charge < -0.3 is 15.5 Å². The first kappa shape index (κ1) is 19.6. The van der Waals surface area contributed by atoms with E-state index in [1.807, 2.05) is 0 Å². The molecule has 0 aliphatic rings. The van der Waals surface area contributed by atoms with E-state index in [0.717, 1.165) is 0 Å². The molecule has 0 saturated heterocycles. The zero-order chi connectivity index (χ0) is 16.6. The Hall–Kier alpha value is -1.43. The summed E-state index contributed by atoms with van der Waals surface area (Å²) in [7, 11) is 3.37. The normalized spacial score (nSPS) is 12.7. The van der Waals surface area contributed by atoms with Crippen LogP contribution in [0.2, 0.25) is 0 Å². The molecule has 0 heterocycles.